The van der Waals surface area contributed by atoms with Crippen molar-refractivity contribution in [1.82, 2.24) is 9.55 Å². The number of rotatable bonds is 5. The fraction of sp³-hybridized carbons (Fsp3) is 0.667. The lowest BCUT2D eigenvalue weighted by molar-refractivity contribution is -0.484. The highest BCUT2D eigenvalue weighted by Gasteiger charge is 2.48. The van der Waals surface area contributed by atoms with E-state index in [1.165, 1.54) is 13.1 Å². The number of hydrogen-bond donors (Lipinski definition) is 3. The van der Waals surface area contributed by atoms with Crippen LogP contribution in [0.15, 0.2) is 15.8 Å². The Bertz CT molecular complexity index is 682. The van der Waals surface area contributed by atoms with Gasteiger partial charge in [0.1, 0.15) is 17.9 Å². The molecule has 22 heavy (non-hydrogen) atoms. The normalized spacial score (nSPS) is 28.0. The molecule has 3 atom stereocenters. The molecule has 2 heterocycles. The maximum absolute atomic E-state index is 11.8. The molecule has 1 aliphatic rings. The molecule has 2 rings (SSSR count). The van der Waals surface area contributed by atoms with E-state index in [2.05, 4.69) is 4.98 Å². The van der Waals surface area contributed by atoms with Gasteiger partial charge in [-0.3, -0.25) is 24.5 Å². The molecular formula is C12H17N3O7. The van der Waals surface area contributed by atoms with E-state index in [9.17, 15) is 29.9 Å². The van der Waals surface area contributed by atoms with Crippen molar-refractivity contribution in [2.24, 2.45) is 0 Å². The van der Waals surface area contributed by atoms with Crippen molar-refractivity contribution in [2.75, 3.05) is 13.2 Å². The third-order valence-corrected chi connectivity index (χ3v) is 3.80. The molecule has 0 saturated carbocycles. The number of aryl methyl sites for hydroxylation is 1. The summed E-state index contributed by atoms with van der Waals surface area (Å²) in [5.74, 6) is 0. The zero-order valence-electron chi connectivity index (χ0n) is 11.9. The predicted octanol–water partition coefficient (Wildman–Crippen LogP) is -1.48. The van der Waals surface area contributed by atoms with Gasteiger partial charge in [-0.05, 0) is 6.92 Å². The van der Waals surface area contributed by atoms with Crippen molar-refractivity contribution in [1.29, 1.82) is 0 Å². The van der Waals surface area contributed by atoms with Gasteiger partial charge in [-0.1, -0.05) is 0 Å². The number of nitrogens with one attached hydrogen (secondary N) is 1. The van der Waals surface area contributed by atoms with Gasteiger partial charge in [0, 0.05) is 29.5 Å². The molecule has 0 radical (unpaired) electrons. The van der Waals surface area contributed by atoms with Crippen molar-refractivity contribution in [3.05, 3.63) is 42.7 Å². The summed E-state index contributed by atoms with van der Waals surface area (Å²) in [6, 6.07) is 0. The van der Waals surface area contributed by atoms with Crippen LogP contribution in [0.25, 0.3) is 0 Å². The summed E-state index contributed by atoms with van der Waals surface area (Å²) in [6.07, 6.45) is -0.982. The topological polar surface area (TPSA) is 148 Å². The Kier molecular flexibility index (Phi) is 4.44. The van der Waals surface area contributed by atoms with Crippen LogP contribution in [0.5, 0.6) is 0 Å². The first-order chi connectivity index (χ1) is 10.3. The molecule has 0 bridgehead atoms. The van der Waals surface area contributed by atoms with Gasteiger partial charge < -0.3 is 14.9 Å². The molecule has 3 N–H and O–H groups in total. The molecule has 1 fully saturated rings. The van der Waals surface area contributed by atoms with Crippen LogP contribution >= 0.6 is 0 Å². The maximum atomic E-state index is 11.8. The maximum Gasteiger partial charge on any atom is 0.330 e. The number of aliphatic hydroxyl groups is 2. The first-order valence-electron chi connectivity index (χ1n) is 6.69. The summed E-state index contributed by atoms with van der Waals surface area (Å²) in [5.41, 5.74) is -2.57. The lowest BCUT2D eigenvalue weighted by atomic mass is 9.91. The molecule has 1 aliphatic heterocycles. The van der Waals surface area contributed by atoms with E-state index in [0.29, 0.717) is 0 Å². The number of aromatic nitrogens is 2. The number of nitro groups is 1. The zero-order valence-corrected chi connectivity index (χ0v) is 11.9. The van der Waals surface area contributed by atoms with E-state index in [0.717, 1.165) is 4.57 Å². The molecule has 1 aromatic rings. The SMILES string of the molecule is Cc1cn([C@H]2C[C@@](O)(CC[N+](=O)[O-])[C@@H](CO)O2)c(=O)[nH]c1=O. The third-order valence-electron chi connectivity index (χ3n) is 3.80. The van der Waals surface area contributed by atoms with E-state index in [1.807, 2.05) is 0 Å². The highest BCUT2D eigenvalue weighted by Crippen LogP contribution is 2.38. The number of ether oxygens (including phenoxy) is 1. The minimum absolute atomic E-state index is 0.0997. The minimum Gasteiger partial charge on any atom is -0.394 e. The van der Waals surface area contributed by atoms with Crippen LogP contribution in [0, 0.1) is 17.0 Å². The van der Waals surface area contributed by atoms with Gasteiger partial charge in [-0.15, -0.1) is 0 Å². The molecule has 0 aromatic carbocycles. The van der Waals surface area contributed by atoms with Crippen LogP contribution in [0.3, 0.4) is 0 Å². The summed E-state index contributed by atoms with van der Waals surface area (Å²) in [5, 5.41) is 30.2. The van der Waals surface area contributed by atoms with Crippen LogP contribution in [-0.4, -0.2) is 49.5 Å². The van der Waals surface area contributed by atoms with Crippen LogP contribution in [0.1, 0.15) is 24.6 Å². The highest BCUT2D eigenvalue weighted by molar-refractivity contribution is 5.03. The Morgan fingerprint density at radius 2 is 2.27 bits per heavy atom. The summed E-state index contributed by atoms with van der Waals surface area (Å²) in [6.45, 7) is 0.483. The lowest BCUT2D eigenvalue weighted by Crippen LogP contribution is -2.42. The fourth-order valence-corrected chi connectivity index (χ4v) is 2.52. The van der Waals surface area contributed by atoms with Crippen LogP contribution in [0.4, 0.5) is 0 Å². The molecule has 0 aliphatic carbocycles. The van der Waals surface area contributed by atoms with Gasteiger partial charge in [-0.25, -0.2) is 4.79 Å². The average molecular weight is 315 g/mol. The molecule has 0 amide bonds. The van der Waals surface area contributed by atoms with Crippen LogP contribution in [-0.2, 0) is 4.74 Å². The summed E-state index contributed by atoms with van der Waals surface area (Å²) >= 11 is 0. The van der Waals surface area contributed by atoms with Gasteiger partial charge in [-0.2, -0.15) is 0 Å². The van der Waals surface area contributed by atoms with Gasteiger partial charge in [0.25, 0.3) is 5.56 Å². The molecule has 122 valence electrons. The minimum atomic E-state index is -1.62. The van der Waals surface area contributed by atoms with Crippen molar-refractivity contribution in [3.63, 3.8) is 0 Å². The second-order valence-electron chi connectivity index (χ2n) is 5.35. The Hall–Kier alpha value is -2.04. The number of aromatic amines is 1. The van der Waals surface area contributed by atoms with Crippen molar-refractivity contribution >= 4 is 0 Å². The lowest BCUT2D eigenvalue weighted by Gasteiger charge is -2.24. The van der Waals surface area contributed by atoms with Gasteiger partial charge in [0.15, 0.2) is 0 Å². The number of aliphatic hydroxyl groups excluding tert-OH is 1. The Labute approximate surface area is 124 Å². The molecular weight excluding hydrogens is 298 g/mol. The number of nitrogens with zero attached hydrogens (tertiary/aromatic N) is 2. The number of H-pyrrole nitrogens is 1. The third kappa shape index (κ3) is 3.08. The van der Waals surface area contributed by atoms with Crippen LogP contribution in [0.2, 0.25) is 0 Å². The quantitative estimate of drug-likeness (QED) is 0.443. The Balaban J connectivity index is 2.28. The van der Waals surface area contributed by atoms with Gasteiger partial charge in [0.05, 0.1) is 6.61 Å². The first-order valence-corrected chi connectivity index (χ1v) is 6.69. The van der Waals surface area contributed by atoms with E-state index < -0.39 is 47.3 Å². The molecule has 0 unspecified atom stereocenters. The van der Waals surface area contributed by atoms with Gasteiger partial charge >= 0.3 is 5.69 Å². The molecule has 1 aromatic heterocycles. The standard InChI is InChI=1S/C12H17N3O7/c1-7-5-14(11(18)13-10(7)17)9-4-12(19,2-3-15(20)21)8(6-16)22-9/h5,8-9,16,19H,2-4,6H2,1H3,(H,13,17,18)/t8-,9-,12+/m1/s1. The molecule has 10 heteroatoms. The van der Waals surface area contributed by atoms with Crippen molar-refractivity contribution in [2.45, 2.75) is 37.7 Å². The molecule has 1 saturated heterocycles. The van der Waals surface area contributed by atoms with Crippen molar-refractivity contribution in [3.8, 4) is 0 Å². The van der Waals surface area contributed by atoms with E-state index in [1.54, 1.807) is 0 Å². The average Bonchev–Trinajstić information content (AvgIpc) is 2.78. The second kappa shape index (κ2) is 5.99. The van der Waals surface area contributed by atoms with Crippen molar-refractivity contribution < 1.29 is 19.9 Å². The largest absolute Gasteiger partial charge is 0.394 e. The first kappa shape index (κ1) is 16.3. The predicted molar refractivity (Wildman–Crippen MR) is 73.1 cm³/mol. The molecule has 0 spiro atoms. The van der Waals surface area contributed by atoms with E-state index in [-0.39, 0.29) is 18.4 Å². The zero-order chi connectivity index (χ0) is 16.5. The second-order valence-corrected chi connectivity index (χ2v) is 5.35. The van der Waals surface area contributed by atoms with Gasteiger partial charge in [0.2, 0.25) is 6.54 Å². The Morgan fingerprint density at radius 1 is 1.59 bits per heavy atom. The summed E-state index contributed by atoms with van der Waals surface area (Å²) < 4.78 is 6.54. The smallest absolute Gasteiger partial charge is 0.330 e. The van der Waals surface area contributed by atoms with E-state index >= 15 is 0 Å². The molecule has 10 nitrogen and oxygen atoms in total. The van der Waals surface area contributed by atoms with E-state index in [4.69, 9.17) is 4.74 Å². The summed E-state index contributed by atoms with van der Waals surface area (Å²) in [4.78, 5) is 35.2. The summed E-state index contributed by atoms with van der Waals surface area (Å²) in [7, 11) is 0. The van der Waals surface area contributed by atoms with Crippen LogP contribution < -0.4 is 11.2 Å². The Morgan fingerprint density at radius 3 is 2.86 bits per heavy atom. The highest BCUT2D eigenvalue weighted by atomic mass is 16.6. The monoisotopic (exact) mass is 315 g/mol. The fourth-order valence-electron chi connectivity index (χ4n) is 2.52. The number of hydrogen-bond acceptors (Lipinski definition) is 7.